The van der Waals surface area contributed by atoms with Crippen molar-refractivity contribution in [2.45, 2.75) is 45.8 Å². The van der Waals surface area contributed by atoms with Gasteiger partial charge in [0.05, 0.1) is 17.8 Å². The SMILES string of the molecule is CC(=O)Nc1ccccc1C=C(CO)B1OC(C)(C)C(C)(C)O1. The van der Waals surface area contributed by atoms with Crippen molar-refractivity contribution in [1.82, 2.24) is 0 Å². The summed E-state index contributed by atoms with van der Waals surface area (Å²) in [4.78, 5) is 11.3. The molecule has 0 spiro atoms. The molecule has 0 unspecified atom stereocenters. The quantitative estimate of drug-likeness (QED) is 0.838. The molecular weight excluding hydrogens is 293 g/mol. The third-order valence-corrected chi connectivity index (χ3v) is 4.35. The average molecular weight is 317 g/mol. The lowest BCUT2D eigenvalue weighted by Gasteiger charge is -2.32. The molecule has 0 atom stereocenters. The second-order valence-corrected chi connectivity index (χ2v) is 6.73. The zero-order valence-electron chi connectivity index (χ0n) is 14.3. The number of benzene rings is 1. The Kier molecular flexibility index (Phi) is 4.99. The van der Waals surface area contributed by atoms with E-state index in [1.54, 1.807) is 6.08 Å². The van der Waals surface area contributed by atoms with Crippen molar-refractivity contribution in [1.29, 1.82) is 0 Å². The third-order valence-electron chi connectivity index (χ3n) is 4.35. The number of nitrogens with one attached hydrogen (secondary N) is 1. The van der Waals surface area contributed by atoms with E-state index in [9.17, 15) is 9.90 Å². The molecule has 124 valence electrons. The Hall–Kier alpha value is -1.63. The minimum Gasteiger partial charge on any atom is -0.400 e. The van der Waals surface area contributed by atoms with Crippen molar-refractivity contribution in [3.8, 4) is 0 Å². The van der Waals surface area contributed by atoms with Crippen molar-refractivity contribution in [3.05, 3.63) is 35.3 Å². The van der Waals surface area contributed by atoms with E-state index in [1.165, 1.54) is 6.92 Å². The van der Waals surface area contributed by atoms with Crippen molar-refractivity contribution in [2.24, 2.45) is 0 Å². The predicted molar refractivity (Wildman–Crippen MR) is 91.9 cm³/mol. The van der Waals surface area contributed by atoms with E-state index < -0.39 is 18.3 Å². The number of hydrogen-bond donors (Lipinski definition) is 2. The lowest BCUT2D eigenvalue weighted by Crippen LogP contribution is -2.41. The summed E-state index contributed by atoms with van der Waals surface area (Å²) >= 11 is 0. The Morgan fingerprint density at radius 1 is 1.22 bits per heavy atom. The van der Waals surface area contributed by atoms with Gasteiger partial charge in [-0.15, -0.1) is 0 Å². The molecule has 1 aromatic rings. The van der Waals surface area contributed by atoms with Gasteiger partial charge in [-0.1, -0.05) is 24.3 Å². The van der Waals surface area contributed by atoms with Gasteiger partial charge in [0.2, 0.25) is 5.91 Å². The second kappa shape index (κ2) is 6.47. The van der Waals surface area contributed by atoms with Gasteiger partial charge >= 0.3 is 7.12 Å². The van der Waals surface area contributed by atoms with Gasteiger partial charge in [0.1, 0.15) is 0 Å². The Labute approximate surface area is 137 Å². The van der Waals surface area contributed by atoms with Crippen molar-refractivity contribution in [2.75, 3.05) is 11.9 Å². The molecule has 0 aromatic heterocycles. The monoisotopic (exact) mass is 317 g/mol. The highest BCUT2D eigenvalue weighted by Crippen LogP contribution is 2.38. The smallest absolute Gasteiger partial charge is 0.400 e. The molecular formula is C17H24BNO4. The van der Waals surface area contributed by atoms with Crippen LogP contribution < -0.4 is 5.32 Å². The third kappa shape index (κ3) is 3.83. The number of carbonyl (C=O) groups is 1. The van der Waals surface area contributed by atoms with Gasteiger partial charge in [-0.05, 0) is 44.8 Å². The van der Waals surface area contributed by atoms with Gasteiger partial charge < -0.3 is 19.7 Å². The summed E-state index contributed by atoms with van der Waals surface area (Å²) in [6.07, 6.45) is 1.80. The summed E-state index contributed by atoms with van der Waals surface area (Å²) in [5, 5.41) is 12.5. The topological polar surface area (TPSA) is 67.8 Å². The van der Waals surface area contributed by atoms with Crippen LogP contribution in [0.25, 0.3) is 6.08 Å². The van der Waals surface area contributed by atoms with E-state index in [-0.39, 0.29) is 12.5 Å². The van der Waals surface area contributed by atoms with E-state index in [1.807, 2.05) is 52.0 Å². The highest BCUT2D eigenvalue weighted by molar-refractivity contribution is 6.55. The zero-order chi connectivity index (χ0) is 17.3. The molecule has 1 saturated heterocycles. The number of hydrogen-bond acceptors (Lipinski definition) is 4. The molecule has 2 N–H and O–H groups in total. The van der Waals surface area contributed by atoms with Crippen LogP contribution in [0.5, 0.6) is 0 Å². The Morgan fingerprint density at radius 3 is 2.30 bits per heavy atom. The highest BCUT2D eigenvalue weighted by atomic mass is 16.7. The molecule has 1 aromatic carbocycles. The Morgan fingerprint density at radius 2 is 1.78 bits per heavy atom. The zero-order valence-corrected chi connectivity index (χ0v) is 14.3. The van der Waals surface area contributed by atoms with Gasteiger partial charge in [0.25, 0.3) is 0 Å². The summed E-state index contributed by atoms with van der Waals surface area (Å²) < 4.78 is 11.9. The van der Waals surface area contributed by atoms with E-state index in [2.05, 4.69) is 5.32 Å². The van der Waals surface area contributed by atoms with Crippen LogP contribution in [0.1, 0.15) is 40.2 Å². The molecule has 6 heteroatoms. The van der Waals surface area contributed by atoms with Crippen LogP contribution >= 0.6 is 0 Å². The van der Waals surface area contributed by atoms with Crippen molar-refractivity contribution >= 4 is 24.8 Å². The molecule has 1 amide bonds. The second-order valence-electron chi connectivity index (χ2n) is 6.73. The number of aliphatic hydroxyl groups excluding tert-OH is 1. The maximum atomic E-state index is 11.3. The number of aliphatic hydroxyl groups is 1. The van der Waals surface area contributed by atoms with Crippen LogP contribution in [0.15, 0.2) is 29.7 Å². The number of anilines is 1. The molecule has 0 radical (unpaired) electrons. The molecule has 5 nitrogen and oxygen atoms in total. The van der Waals surface area contributed by atoms with E-state index in [0.29, 0.717) is 11.2 Å². The van der Waals surface area contributed by atoms with Gasteiger partial charge in [0, 0.05) is 12.6 Å². The molecule has 23 heavy (non-hydrogen) atoms. The molecule has 1 aliphatic heterocycles. The summed E-state index contributed by atoms with van der Waals surface area (Å²) in [7, 11) is -0.615. The first-order chi connectivity index (χ1) is 10.7. The highest BCUT2D eigenvalue weighted by Gasteiger charge is 2.52. The van der Waals surface area contributed by atoms with E-state index in [0.717, 1.165) is 5.56 Å². The fourth-order valence-corrected chi connectivity index (χ4v) is 2.31. The van der Waals surface area contributed by atoms with E-state index >= 15 is 0 Å². The number of para-hydroxylation sites is 1. The maximum Gasteiger partial charge on any atom is 0.492 e. The van der Waals surface area contributed by atoms with Gasteiger partial charge in [-0.25, -0.2) is 0 Å². The summed E-state index contributed by atoms with van der Waals surface area (Å²) in [5.41, 5.74) is 1.15. The number of carbonyl (C=O) groups excluding carboxylic acids is 1. The van der Waals surface area contributed by atoms with Crippen LogP contribution in [-0.2, 0) is 14.1 Å². The van der Waals surface area contributed by atoms with E-state index in [4.69, 9.17) is 9.31 Å². The molecule has 0 aliphatic carbocycles. The first-order valence-electron chi connectivity index (χ1n) is 7.70. The first-order valence-corrected chi connectivity index (χ1v) is 7.70. The Bertz CT molecular complexity index is 609. The fourth-order valence-electron chi connectivity index (χ4n) is 2.31. The number of rotatable bonds is 4. The minimum absolute atomic E-state index is 0.146. The normalized spacial score (nSPS) is 19.7. The van der Waals surface area contributed by atoms with Gasteiger partial charge in [-0.2, -0.15) is 0 Å². The largest absolute Gasteiger partial charge is 0.492 e. The lowest BCUT2D eigenvalue weighted by atomic mass is 9.77. The standard InChI is InChI=1S/C17H24BNO4/c1-12(21)19-15-9-7-6-8-13(15)10-14(11-20)18-22-16(2,3)17(4,5)23-18/h6-10,20H,11H2,1-5H3,(H,19,21). The summed E-state index contributed by atoms with van der Waals surface area (Å²) in [6.45, 7) is 9.13. The molecule has 2 rings (SSSR count). The lowest BCUT2D eigenvalue weighted by molar-refractivity contribution is -0.114. The predicted octanol–water partition coefficient (Wildman–Crippen LogP) is 2.65. The molecule has 0 saturated carbocycles. The fraction of sp³-hybridized carbons (Fsp3) is 0.471. The van der Waals surface area contributed by atoms with Crippen molar-refractivity contribution in [3.63, 3.8) is 0 Å². The summed E-state index contributed by atoms with van der Waals surface area (Å²) in [5.74, 6) is -0.146. The first kappa shape index (κ1) is 17.7. The molecule has 1 fully saturated rings. The van der Waals surface area contributed by atoms with Crippen LogP contribution in [0.2, 0.25) is 0 Å². The molecule has 1 aliphatic rings. The maximum absolute atomic E-state index is 11.3. The van der Waals surface area contributed by atoms with Gasteiger partial charge in [-0.3, -0.25) is 4.79 Å². The van der Waals surface area contributed by atoms with Gasteiger partial charge in [0.15, 0.2) is 0 Å². The summed E-state index contributed by atoms with van der Waals surface area (Å²) in [6, 6.07) is 7.39. The molecule has 1 heterocycles. The van der Waals surface area contributed by atoms with Crippen LogP contribution in [0, 0.1) is 0 Å². The molecule has 0 bridgehead atoms. The van der Waals surface area contributed by atoms with Crippen LogP contribution in [0.4, 0.5) is 5.69 Å². The minimum atomic E-state index is -0.615. The van der Waals surface area contributed by atoms with Crippen LogP contribution in [0.3, 0.4) is 0 Å². The Balaban J connectivity index is 2.32. The van der Waals surface area contributed by atoms with Crippen LogP contribution in [-0.4, -0.2) is 35.9 Å². The number of amides is 1. The van der Waals surface area contributed by atoms with Crippen molar-refractivity contribution < 1.29 is 19.2 Å². The average Bonchev–Trinajstić information content (AvgIpc) is 2.65.